The summed E-state index contributed by atoms with van der Waals surface area (Å²) >= 11 is 0. The van der Waals surface area contributed by atoms with Crippen LogP contribution in [0.5, 0.6) is 5.75 Å². The number of fused-ring (bicyclic) bond motifs is 1. The fourth-order valence-corrected chi connectivity index (χ4v) is 3.95. The normalized spacial score (nSPS) is 18.6. The van der Waals surface area contributed by atoms with Gasteiger partial charge in [-0.25, -0.2) is 0 Å². The third-order valence-electron chi connectivity index (χ3n) is 5.44. The second-order valence-corrected chi connectivity index (χ2v) is 7.14. The maximum atomic E-state index is 13.1. The van der Waals surface area contributed by atoms with Gasteiger partial charge in [0.25, 0.3) is 0 Å². The summed E-state index contributed by atoms with van der Waals surface area (Å²) in [6.07, 6.45) is 2.81. The number of benzene rings is 2. The molecule has 152 valence electrons. The lowest BCUT2D eigenvalue weighted by atomic mass is 9.74. The molecule has 1 amide bonds. The van der Waals surface area contributed by atoms with Gasteiger partial charge in [0.2, 0.25) is 5.91 Å². The Bertz CT molecular complexity index is 890. The van der Waals surface area contributed by atoms with E-state index in [-0.39, 0.29) is 18.3 Å². The van der Waals surface area contributed by atoms with Crippen LogP contribution in [-0.4, -0.2) is 25.6 Å². The van der Waals surface area contributed by atoms with Crippen molar-refractivity contribution in [3.05, 3.63) is 72.3 Å². The standard InChI is InChI=1S/C24H27NO4/c1-4-15-24(23(27)29-5-2)16-14-22(26)25(21-9-7-6-8-20(21)24)17-18-10-12-19(28-3)13-11-18/h4,6-13H,1,5,14-17H2,2-3H3. The van der Waals surface area contributed by atoms with E-state index in [2.05, 4.69) is 6.58 Å². The van der Waals surface area contributed by atoms with Crippen LogP contribution in [0.2, 0.25) is 0 Å². The summed E-state index contributed by atoms with van der Waals surface area (Å²) in [4.78, 5) is 27.9. The fourth-order valence-electron chi connectivity index (χ4n) is 3.95. The molecule has 29 heavy (non-hydrogen) atoms. The highest BCUT2D eigenvalue weighted by atomic mass is 16.5. The molecular weight excluding hydrogens is 366 g/mol. The lowest BCUT2D eigenvalue weighted by molar-refractivity contribution is -0.150. The van der Waals surface area contributed by atoms with Crippen LogP contribution in [-0.2, 0) is 26.3 Å². The molecule has 0 aromatic heterocycles. The van der Waals surface area contributed by atoms with Crippen LogP contribution in [0.3, 0.4) is 0 Å². The zero-order chi connectivity index (χ0) is 20.9. The van der Waals surface area contributed by atoms with Crippen LogP contribution in [0.1, 0.15) is 37.3 Å². The topological polar surface area (TPSA) is 55.8 Å². The van der Waals surface area contributed by atoms with Crippen LogP contribution in [0.25, 0.3) is 0 Å². The molecule has 5 nitrogen and oxygen atoms in total. The molecule has 0 radical (unpaired) electrons. The van der Waals surface area contributed by atoms with E-state index in [0.29, 0.717) is 26.0 Å². The summed E-state index contributed by atoms with van der Waals surface area (Å²) in [6, 6.07) is 15.3. The second-order valence-electron chi connectivity index (χ2n) is 7.14. The minimum atomic E-state index is -0.904. The van der Waals surface area contributed by atoms with Crippen molar-refractivity contribution in [1.29, 1.82) is 0 Å². The van der Waals surface area contributed by atoms with Gasteiger partial charge in [0.1, 0.15) is 5.75 Å². The van der Waals surface area contributed by atoms with E-state index in [1.54, 1.807) is 25.0 Å². The average Bonchev–Trinajstić information content (AvgIpc) is 2.86. The quantitative estimate of drug-likeness (QED) is 0.517. The van der Waals surface area contributed by atoms with Gasteiger partial charge in [-0.3, -0.25) is 9.59 Å². The molecule has 1 heterocycles. The summed E-state index contributed by atoms with van der Waals surface area (Å²) in [6.45, 7) is 6.36. The number of methoxy groups -OCH3 is 1. The van der Waals surface area contributed by atoms with Crippen molar-refractivity contribution in [1.82, 2.24) is 0 Å². The number of nitrogens with zero attached hydrogens (tertiary/aromatic N) is 1. The molecular formula is C24H27NO4. The Morgan fingerprint density at radius 3 is 2.59 bits per heavy atom. The third kappa shape index (κ3) is 4.04. The molecule has 1 aliphatic rings. The number of para-hydroxylation sites is 1. The zero-order valence-corrected chi connectivity index (χ0v) is 17.0. The molecule has 3 rings (SSSR count). The van der Waals surface area contributed by atoms with Crippen LogP contribution < -0.4 is 9.64 Å². The molecule has 0 aliphatic carbocycles. The van der Waals surface area contributed by atoms with Crippen LogP contribution in [0.4, 0.5) is 5.69 Å². The molecule has 1 unspecified atom stereocenters. The molecule has 0 spiro atoms. The maximum Gasteiger partial charge on any atom is 0.316 e. The molecule has 0 fully saturated rings. The highest BCUT2D eigenvalue weighted by molar-refractivity contribution is 5.98. The Hall–Kier alpha value is -3.08. The van der Waals surface area contributed by atoms with Gasteiger partial charge in [0, 0.05) is 12.1 Å². The van der Waals surface area contributed by atoms with Crippen molar-refractivity contribution in [2.75, 3.05) is 18.6 Å². The molecule has 1 atom stereocenters. The van der Waals surface area contributed by atoms with E-state index < -0.39 is 5.41 Å². The van der Waals surface area contributed by atoms with E-state index in [1.165, 1.54) is 0 Å². The van der Waals surface area contributed by atoms with E-state index >= 15 is 0 Å². The first-order valence-electron chi connectivity index (χ1n) is 9.86. The van der Waals surface area contributed by atoms with Crippen molar-refractivity contribution in [2.45, 2.75) is 38.1 Å². The number of carbonyl (C=O) groups is 2. The van der Waals surface area contributed by atoms with Crippen LogP contribution in [0.15, 0.2) is 61.2 Å². The van der Waals surface area contributed by atoms with Gasteiger partial charge >= 0.3 is 5.97 Å². The number of rotatable bonds is 7. The molecule has 2 aromatic rings. The van der Waals surface area contributed by atoms with Gasteiger partial charge in [-0.05, 0) is 49.1 Å². The summed E-state index contributed by atoms with van der Waals surface area (Å²) in [5, 5.41) is 0. The number of anilines is 1. The first kappa shape index (κ1) is 20.6. The Kier molecular flexibility index (Phi) is 6.37. The Morgan fingerprint density at radius 1 is 1.21 bits per heavy atom. The first-order chi connectivity index (χ1) is 14.1. The number of carbonyl (C=O) groups excluding carboxylic acids is 2. The smallest absolute Gasteiger partial charge is 0.316 e. The predicted molar refractivity (Wildman–Crippen MR) is 113 cm³/mol. The van der Waals surface area contributed by atoms with Crippen molar-refractivity contribution in [3.8, 4) is 5.75 Å². The van der Waals surface area contributed by atoms with Gasteiger partial charge in [0.05, 0.1) is 25.7 Å². The maximum absolute atomic E-state index is 13.1. The fraction of sp³-hybridized carbons (Fsp3) is 0.333. The number of hydrogen-bond donors (Lipinski definition) is 0. The number of hydrogen-bond acceptors (Lipinski definition) is 4. The van der Waals surface area contributed by atoms with Gasteiger partial charge in [-0.15, -0.1) is 6.58 Å². The number of esters is 1. The predicted octanol–water partition coefficient (Wildman–Crippen LogP) is 4.40. The second kappa shape index (κ2) is 8.95. The summed E-state index contributed by atoms with van der Waals surface area (Å²) in [5.41, 5.74) is 1.65. The third-order valence-corrected chi connectivity index (χ3v) is 5.44. The first-order valence-corrected chi connectivity index (χ1v) is 9.86. The lowest BCUT2D eigenvalue weighted by Crippen LogP contribution is -2.37. The van der Waals surface area contributed by atoms with Crippen molar-refractivity contribution >= 4 is 17.6 Å². The summed E-state index contributed by atoms with van der Waals surface area (Å²) in [5.74, 6) is 0.457. The number of allylic oxidation sites excluding steroid dienone is 1. The molecule has 0 saturated heterocycles. The van der Waals surface area contributed by atoms with Crippen molar-refractivity contribution in [3.63, 3.8) is 0 Å². The van der Waals surface area contributed by atoms with E-state index in [4.69, 9.17) is 9.47 Å². The van der Waals surface area contributed by atoms with Crippen molar-refractivity contribution < 1.29 is 19.1 Å². The van der Waals surface area contributed by atoms with E-state index in [1.807, 2.05) is 48.5 Å². The largest absolute Gasteiger partial charge is 0.497 e. The van der Waals surface area contributed by atoms with Gasteiger partial charge in [-0.1, -0.05) is 36.4 Å². The highest BCUT2D eigenvalue weighted by Crippen LogP contribution is 2.43. The minimum Gasteiger partial charge on any atom is -0.497 e. The van der Waals surface area contributed by atoms with Gasteiger partial charge in [-0.2, -0.15) is 0 Å². The molecule has 1 aliphatic heterocycles. The Labute approximate surface area is 171 Å². The minimum absolute atomic E-state index is 0.0106. The molecule has 0 N–H and O–H groups in total. The Balaban J connectivity index is 2.06. The Morgan fingerprint density at radius 2 is 1.93 bits per heavy atom. The summed E-state index contributed by atoms with van der Waals surface area (Å²) in [7, 11) is 1.62. The highest BCUT2D eigenvalue weighted by Gasteiger charge is 2.45. The number of ether oxygens (including phenoxy) is 2. The number of amides is 1. The van der Waals surface area contributed by atoms with E-state index in [9.17, 15) is 9.59 Å². The monoisotopic (exact) mass is 393 g/mol. The van der Waals surface area contributed by atoms with Gasteiger partial charge in [0.15, 0.2) is 0 Å². The van der Waals surface area contributed by atoms with Crippen LogP contribution >= 0.6 is 0 Å². The molecule has 2 aromatic carbocycles. The van der Waals surface area contributed by atoms with Crippen LogP contribution in [0, 0.1) is 0 Å². The molecule has 5 heteroatoms. The summed E-state index contributed by atoms with van der Waals surface area (Å²) < 4.78 is 10.7. The van der Waals surface area contributed by atoms with E-state index in [0.717, 1.165) is 22.6 Å². The SMILES string of the molecule is C=CCC1(C(=O)OCC)CCC(=O)N(Cc2ccc(OC)cc2)c2ccccc21. The lowest BCUT2D eigenvalue weighted by Gasteiger charge is -2.31. The zero-order valence-electron chi connectivity index (χ0n) is 17.0. The van der Waals surface area contributed by atoms with Gasteiger partial charge < -0.3 is 14.4 Å². The molecule has 0 bridgehead atoms. The molecule has 0 saturated carbocycles. The average molecular weight is 393 g/mol. The van der Waals surface area contributed by atoms with Crippen molar-refractivity contribution in [2.24, 2.45) is 0 Å².